The zero-order chi connectivity index (χ0) is 29.5. The molecule has 42 heavy (non-hydrogen) atoms. The van der Waals surface area contributed by atoms with Gasteiger partial charge in [-0.2, -0.15) is 5.11 Å². The Morgan fingerprint density at radius 2 is 1.93 bits per heavy atom. The van der Waals surface area contributed by atoms with Crippen LogP contribution in [0, 0.1) is 0 Å². The Morgan fingerprint density at radius 1 is 1.14 bits per heavy atom. The van der Waals surface area contributed by atoms with Crippen molar-refractivity contribution >= 4 is 34.0 Å². The molecule has 10 nitrogen and oxygen atoms in total. The molecule has 2 aromatic carbocycles. The molecule has 0 unspecified atom stereocenters. The molecule has 1 fully saturated rings. The number of ether oxygens (including phenoxy) is 1. The van der Waals surface area contributed by atoms with Gasteiger partial charge in [-0.05, 0) is 75.1 Å². The largest absolute Gasteiger partial charge is 0.379 e. The molecule has 3 aromatic rings. The summed E-state index contributed by atoms with van der Waals surface area (Å²) in [4.78, 5) is 34.4. The number of nitrogens with zero attached hydrogens (tertiary/aromatic N) is 5. The van der Waals surface area contributed by atoms with Crippen LogP contribution in [-0.2, 0) is 24.1 Å². The van der Waals surface area contributed by atoms with E-state index in [9.17, 15) is 9.59 Å². The van der Waals surface area contributed by atoms with Crippen LogP contribution >= 0.6 is 11.3 Å². The summed E-state index contributed by atoms with van der Waals surface area (Å²) >= 11 is 1.57. The highest BCUT2D eigenvalue weighted by molar-refractivity contribution is 7.15. The minimum absolute atomic E-state index is 0.211. The number of thiazole rings is 1. The van der Waals surface area contributed by atoms with Gasteiger partial charge in [-0.15, -0.1) is 11.3 Å². The summed E-state index contributed by atoms with van der Waals surface area (Å²) in [5, 5.41) is 16.4. The summed E-state index contributed by atoms with van der Waals surface area (Å²) in [5.41, 5.74) is 4.46. The Labute approximate surface area is 250 Å². The van der Waals surface area contributed by atoms with Crippen molar-refractivity contribution < 1.29 is 14.3 Å². The zero-order valence-corrected chi connectivity index (χ0v) is 25.0. The lowest BCUT2D eigenvalue weighted by Crippen LogP contribution is -2.45. The number of rotatable bonds is 10. The Bertz CT molecular complexity index is 1450. The van der Waals surface area contributed by atoms with Crippen molar-refractivity contribution in [3.05, 3.63) is 88.1 Å². The summed E-state index contributed by atoms with van der Waals surface area (Å²) in [6.45, 7) is 12.1. The van der Waals surface area contributed by atoms with Gasteiger partial charge >= 0.3 is 0 Å². The number of carbonyl (C=O) groups is 2. The molecule has 1 aliphatic carbocycles. The van der Waals surface area contributed by atoms with Gasteiger partial charge in [0.25, 0.3) is 11.8 Å². The monoisotopic (exact) mass is 587 g/mol. The van der Waals surface area contributed by atoms with Gasteiger partial charge < -0.3 is 10.1 Å². The smallest absolute Gasteiger partial charge is 0.257 e. The van der Waals surface area contributed by atoms with Crippen molar-refractivity contribution in [3.63, 3.8) is 0 Å². The number of hydrogen-bond donors (Lipinski definition) is 2. The maximum Gasteiger partial charge on any atom is 0.257 e. The average molecular weight is 588 g/mol. The standard InChI is InChI=1S/C31H37N7O3S/c1-4-33-36-38(21(2)3)25-10-8-23(9-11-25)29(39)32-20-22-6-5-7-24(18-22)30(40)35-31-34-27-13-12-26(19-28(27)42-31)37-14-16-41-17-15-37/h5-11,18,26H,2,4,12-17,19-20H2,1,3H3,(H,32,39)(H,34,35,40)/t26-/m0/s1. The quantitative estimate of drug-likeness (QED) is 0.248. The molecule has 2 heterocycles. The van der Waals surface area contributed by atoms with Crippen LogP contribution in [0.3, 0.4) is 0 Å². The molecule has 220 valence electrons. The van der Waals surface area contributed by atoms with Crippen LogP contribution in [0.1, 0.15) is 57.1 Å². The van der Waals surface area contributed by atoms with Crippen molar-refractivity contribution in [2.24, 2.45) is 10.3 Å². The van der Waals surface area contributed by atoms with Crippen molar-refractivity contribution in [1.29, 1.82) is 0 Å². The first-order valence-electron chi connectivity index (χ1n) is 14.3. The van der Waals surface area contributed by atoms with Gasteiger partial charge in [0.2, 0.25) is 0 Å². The highest BCUT2D eigenvalue weighted by atomic mass is 32.1. The number of anilines is 2. The molecule has 0 spiro atoms. The molecule has 1 aliphatic heterocycles. The third-order valence-corrected chi connectivity index (χ3v) is 8.40. The summed E-state index contributed by atoms with van der Waals surface area (Å²) < 4.78 is 5.50. The lowest BCUT2D eigenvalue weighted by molar-refractivity contribution is 0.0139. The second-order valence-electron chi connectivity index (χ2n) is 10.4. The van der Waals surface area contributed by atoms with E-state index in [1.807, 2.05) is 38.1 Å². The predicted molar refractivity (Wildman–Crippen MR) is 165 cm³/mol. The van der Waals surface area contributed by atoms with E-state index in [0.717, 1.165) is 68.2 Å². The van der Waals surface area contributed by atoms with Crippen LogP contribution in [0.2, 0.25) is 0 Å². The zero-order valence-electron chi connectivity index (χ0n) is 24.1. The summed E-state index contributed by atoms with van der Waals surface area (Å²) in [6, 6.07) is 14.9. The third-order valence-electron chi connectivity index (χ3n) is 7.37. The average Bonchev–Trinajstić information content (AvgIpc) is 3.42. The van der Waals surface area contributed by atoms with Crippen LogP contribution in [0.4, 0.5) is 10.8 Å². The molecule has 2 aliphatic rings. The number of amides is 2. The third kappa shape index (κ3) is 7.28. The minimum atomic E-state index is -0.211. The van der Waals surface area contributed by atoms with Crippen LogP contribution in [0.5, 0.6) is 0 Å². The van der Waals surface area contributed by atoms with E-state index < -0.39 is 0 Å². The van der Waals surface area contributed by atoms with Gasteiger partial charge in [-0.1, -0.05) is 23.9 Å². The van der Waals surface area contributed by atoms with Crippen molar-refractivity contribution in [3.8, 4) is 0 Å². The lowest BCUT2D eigenvalue weighted by Gasteiger charge is -2.36. The van der Waals surface area contributed by atoms with Crippen molar-refractivity contribution in [2.75, 3.05) is 43.2 Å². The lowest BCUT2D eigenvalue weighted by atomic mass is 9.96. The van der Waals surface area contributed by atoms with E-state index in [0.29, 0.717) is 35.4 Å². The fourth-order valence-electron chi connectivity index (χ4n) is 5.17. The SMILES string of the molecule is C=C(C)N(N=NCC)c1ccc(C(=O)NCc2cccc(C(=O)Nc3nc4c(s3)C[C@@H](N3CCOCC3)CC4)c2)cc1. The Morgan fingerprint density at radius 3 is 2.67 bits per heavy atom. The molecule has 0 saturated carbocycles. The normalized spacial score (nSPS) is 17.0. The molecular formula is C31H37N7O3S. The maximum atomic E-state index is 13.1. The van der Waals surface area contributed by atoms with E-state index in [-0.39, 0.29) is 11.8 Å². The number of allylic oxidation sites excluding steroid dienone is 1. The highest BCUT2D eigenvalue weighted by Crippen LogP contribution is 2.32. The van der Waals surface area contributed by atoms with Gasteiger partial charge in [0.1, 0.15) is 0 Å². The number of aromatic nitrogens is 1. The number of fused-ring (bicyclic) bond motifs is 1. The van der Waals surface area contributed by atoms with E-state index in [2.05, 4.69) is 32.4 Å². The summed E-state index contributed by atoms with van der Waals surface area (Å²) in [6.07, 6.45) is 2.98. The Kier molecular flexibility index (Phi) is 9.73. The van der Waals surface area contributed by atoms with E-state index in [1.54, 1.807) is 40.6 Å². The maximum absolute atomic E-state index is 13.1. The van der Waals surface area contributed by atoms with Crippen LogP contribution in [0.25, 0.3) is 0 Å². The first-order valence-corrected chi connectivity index (χ1v) is 15.1. The molecule has 1 saturated heterocycles. The number of hydrogen-bond acceptors (Lipinski definition) is 8. The van der Waals surface area contributed by atoms with Crippen LogP contribution in [-0.4, -0.2) is 60.6 Å². The molecule has 1 aromatic heterocycles. The second-order valence-corrected chi connectivity index (χ2v) is 11.5. The van der Waals surface area contributed by atoms with E-state index in [4.69, 9.17) is 9.72 Å². The van der Waals surface area contributed by atoms with Gasteiger partial charge in [0, 0.05) is 47.4 Å². The summed E-state index contributed by atoms with van der Waals surface area (Å²) in [5.74, 6) is -0.422. The molecule has 2 N–H and O–H groups in total. The predicted octanol–water partition coefficient (Wildman–Crippen LogP) is 5.24. The fraction of sp³-hybridized carbons (Fsp3) is 0.387. The van der Waals surface area contributed by atoms with Gasteiger partial charge in [0.05, 0.1) is 31.1 Å². The van der Waals surface area contributed by atoms with Crippen molar-refractivity contribution in [1.82, 2.24) is 15.2 Å². The molecular weight excluding hydrogens is 550 g/mol. The van der Waals surface area contributed by atoms with E-state index in [1.165, 1.54) is 4.88 Å². The Balaban J connectivity index is 1.16. The molecule has 1 atom stereocenters. The summed E-state index contributed by atoms with van der Waals surface area (Å²) in [7, 11) is 0. The molecule has 11 heteroatoms. The first-order chi connectivity index (χ1) is 20.4. The van der Waals surface area contributed by atoms with Crippen molar-refractivity contribution in [2.45, 2.75) is 45.7 Å². The molecule has 0 radical (unpaired) electrons. The van der Waals surface area contributed by atoms with Crippen LogP contribution < -0.4 is 15.6 Å². The van der Waals surface area contributed by atoms with Gasteiger partial charge in [-0.3, -0.25) is 19.8 Å². The molecule has 0 bridgehead atoms. The Hall–Kier alpha value is -3.93. The van der Waals surface area contributed by atoms with Crippen LogP contribution in [0.15, 0.2) is 71.1 Å². The topological polar surface area (TPSA) is 112 Å². The van der Waals surface area contributed by atoms with E-state index >= 15 is 0 Å². The first kappa shape index (κ1) is 29.6. The van der Waals surface area contributed by atoms with Gasteiger partial charge in [0.15, 0.2) is 5.13 Å². The number of aryl methyl sites for hydroxylation is 1. The minimum Gasteiger partial charge on any atom is -0.379 e. The fourth-order valence-corrected chi connectivity index (χ4v) is 6.24. The number of benzene rings is 2. The number of morpholine rings is 1. The number of carbonyl (C=O) groups excluding carboxylic acids is 2. The molecule has 2 amide bonds. The van der Waals surface area contributed by atoms with Gasteiger partial charge in [-0.25, -0.2) is 9.99 Å². The molecule has 5 rings (SSSR count). The highest BCUT2D eigenvalue weighted by Gasteiger charge is 2.28. The number of nitrogens with one attached hydrogen (secondary N) is 2. The second kappa shape index (κ2) is 13.8.